The van der Waals surface area contributed by atoms with Crippen LogP contribution in [-0.4, -0.2) is 11.9 Å². The van der Waals surface area contributed by atoms with E-state index >= 15 is 0 Å². The van der Waals surface area contributed by atoms with Crippen LogP contribution in [0, 0.1) is 12.8 Å². The van der Waals surface area contributed by atoms with Gasteiger partial charge in [-0.15, -0.1) is 0 Å². The topological polar surface area (TPSA) is 42.2 Å². The summed E-state index contributed by atoms with van der Waals surface area (Å²) in [4.78, 5) is 12.5. The Labute approximate surface area is 133 Å². The Morgan fingerprint density at radius 3 is 2.86 bits per heavy atom. The van der Waals surface area contributed by atoms with Gasteiger partial charge in [0, 0.05) is 21.5 Å². The van der Waals surface area contributed by atoms with Gasteiger partial charge in [-0.25, -0.2) is 0 Å². The summed E-state index contributed by atoms with van der Waals surface area (Å²) in [5.74, 6) is 0.904. The third kappa shape index (κ3) is 2.86. The van der Waals surface area contributed by atoms with Crippen LogP contribution in [0.5, 0.6) is 0 Å². The van der Waals surface area contributed by atoms with Crippen LogP contribution in [0.4, 0.5) is 0 Å². The molecule has 0 radical (unpaired) electrons. The van der Waals surface area contributed by atoms with E-state index < -0.39 is 0 Å². The molecular formula is C17H20BrNO2. The highest BCUT2D eigenvalue weighted by Crippen LogP contribution is 2.29. The van der Waals surface area contributed by atoms with Crippen molar-refractivity contribution in [3.05, 3.63) is 34.0 Å². The summed E-state index contributed by atoms with van der Waals surface area (Å²) in [7, 11) is 0. The van der Waals surface area contributed by atoms with Crippen molar-refractivity contribution in [3.8, 4) is 0 Å². The number of benzene rings is 1. The van der Waals surface area contributed by atoms with E-state index in [9.17, 15) is 4.79 Å². The van der Waals surface area contributed by atoms with E-state index in [-0.39, 0.29) is 11.9 Å². The average Bonchev–Trinajstić information content (AvgIpc) is 2.79. The summed E-state index contributed by atoms with van der Waals surface area (Å²) in [6.07, 6.45) is 4.72. The lowest BCUT2D eigenvalue weighted by Crippen LogP contribution is -2.41. The molecule has 0 spiro atoms. The maximum atomic E-state index is 12.5. The van der Waals surface area contributed by atoms with Gasteiger partial charge in [-0.1, -0.05) is 35.7 Å². The quantitative estimate of drug-likeness (QED) is 0.844. The lowest BCUT2D eigenvalue weighted by Gasteiger charge is -2.29. The first kappa shape index (κ1) is 14.6. The van der Waals surface area contributed by atoms with Crippen molar-refractivity contribution in [2.45, 2.75) is 45.6 Å². The second kappa shape index (κ2) is 5.84. The Balaban J connectivity index is 1.86. The summed E-state index contributed by atoms with van der Waals surface area (Å²) >= 11 is 3.46. The SMILES string of the molecule is Cc1c(C(=O)NC2CCCCC2C)oc2ccc(Br)cc12. The minimum absolute atomic E-state index is 0.0847. The highest BCUT2D eigenvalue weighted by atomic mass is 79.9. The number of hydrogen-bond acceptors (Lipinski definition) is 2. The molecule has 112 valence electrons. The van der Waals surface area contributed by atoms with Crippen LogP contribution in [0.15, 0.2) is 27.1 Å². The molecule has 0 bridgehead atoms. The van der Waals surface area contributed by atoms with Crippen molar-refractivity contribution in [2.75, 3.05) is 0 Å². The predicted octanol–water partition coefficient (Wildman–Crippen LogP) is 4.81. The Morgan fingerprint density at radius 2 is 2.10 bits per heavy atom. The Hall–Kier alpha value is -1.29. The zero-order valence-electron chi connectivity index (χ0n) is 12.4. The van der Waals surface area contributed by atoms with Gasteiger partial charge >= 0.3 is 0 Å². The second-order valence-electron chi connectivity index (χ2n) is 6.04. The predicted molar refractivity (Wildman–Crippen MR) is 87.5 cm³/mol. The van der Waals surface area contributed by atoms with Crippen molar-refractivity contribution in [3.63, 3.8) is 0 Å². The molecule has 1 amide bonds. The number of rotatable bonds is 2. The molecule has 1 heterocycles. The fourth-order valence-electron chi connectivity index (χ4n) is 3.17. The third-order valence-corrected chi connectivity index (χ3v) is 5.03. The molecule has 2 unspecified atom stereocenters. The normalized spacial score (nSPS) is 22.4. The van der Waals surface area contributed by atoms with Crippen molar-refractivity contribution >= 4 is 32.8 Å². The molecular weight excluding hydrogens is 330 g/mol. The fourth-order valence-corrected chi connectivity index (χ4v) is 3.54. The Bertz CT molecular complexity index is 677. The number of halogens is 1. The Kier molecular flexibility index (Phi) is 4.07. The molecule has 2 atom stereocenters. The molecule has 1 aromatic heterocycles. The van der Waals surface area contributed by atoms with Gasteiger partial charge < -0.3 is 9.73 Å². The minimum atomic E-state index is -0.0847. The monoisotopic (exact) mass is 349 g/mol. The number of carbonyl (C=O) groups is 1. The average molecular weight is 350 g/mol. The first-order chi connectivity index (χ1) is 10.1. The number of furan rings is 1. The fraction of sp³-hybridized carbons (Fsp3) is 0.471. The Morgan fingerprint density at radius 1 is 1.33 bits per heavy atom. The molecule has 3 nitrogen and oxygen atoms in total. The molecule has 1 fully saturated rings. The van der Waals surface area contributed by atoms with Gasteiger partial charge in [0.1, 0.15) is 5.58 Å². The third-order valence-electron chi connectivity index (χ3n) is 4.53. The van der Waals surface area contributed by atoms with Gasteiger partial charge in [-0.3, -0.25) is 4.79 Å². The number of amides is 1. The number of fused-ring (bicyclic) bond motifs is 1. The molecule has 1 aromatic carbocycles. The summed E-state index contributed by atoms with van der Waals surface area (Å²) < 4.78 is 6.75. The van der Waals surface area contributed by atoms with Crippen LogP contribution < -0.4 is 5.32 Å². The van der Waals surface area contributed by atoms with E-state index in [0.717, 1.165) is 27.4 Å². The van der Waals surface area contributed by atoms with E-state index in [1.54, 1.807) is 0 Å². The molecule has 1 saturated carbocycles. The summed E-state index contributed by atoms with van der Waals surface area (Å²) in [5.41, 5.74) is 1.67. The zero-order chi connectivity index (χ0) is 15.0. The van der Waals surface area contributed by atoms with Crippen LogP contribution in [0.2, 0.25) is 0 Å². The maximum Gasteiger partial charge on any atom is 0.287 e. The van der Waals surface area contributed by atoms with Gasteiger partial charge in [0.25, 0.3) is 5.91 Å². The standard InChI is InChI=1S/C17H20BrNO2/c1-10-5-3-4-6-14(10)19-17(20)16-11(2)13-9-12(18)7-8-15(13)21-16/h7-10,14H,3-6H2,1-2H3,(H,19,20). The molecule has 21 heavy (non-hydrogen) atoms. The van der Waals surface area contributed by atoms with Gasteiger partial charge in [0.05, 0.1) is 0 Å². The van der Waals surface area contributed by atoms with Crippen molar-refractivity contribution in [1.82, 2.24) is 5.32 Å². The number of aryl methyl sites for hydroxylation is 1. The molecule has 3 rings (SSSR count). The molecule has 2 aromatic rings. The second-order valence-corrected chi connectivity index (χ2v) is 6.95. The van der Waals surface area contributed by atoms with Gasteiger partial charge in [0.15, 0.2) is 5.76 Å². The van der Waals surface area contributed by atoms with Crippen LogP contribution in [-0.2, 0) is 0 Å². The summed E-state index contributed by atoms with van der Waals surface area (Å²) in [6.45, 7) is 4.16. The van der Waals surface area contributed by atoms with Crippen LogP contribution in [0.3, 0.4) is 0 Å². The summed E-state index contributed by atoms with van der Waals surface area (Å²) in [5, 5.41) is 4.15. The minimum Gasteiger partial charge on any atom is -0.451 e. The number of nitrogens with one attached hydrogen (secondary N) is 1. The largest absolute Gasteiger partial charge is 0.451 e. The first-order valence-corrected chi connectivity index (χ1v) is 8.35. The molecule has 1 aliphatic rings. The van der Waals surface area contributed by atoms with E-state index in [4.69, 9.17) is 4.42 Å². The number of carbonyl (C=O) groups excluding carboxylic acids is 1. The van der Waals surface area contributed by atoms with Crippen LogP contribution >= 0.6 is 15.9 Å². The smallest absolute Gasteiger partial charge is 0.287 e. The van der Waals surface area contributed by atoms with Crippen LogP contribution in [0.1, 0.15) is 48.7 Å². The highest BCUT2D eigenvalue weighted by molar-refractivity contribution is 9.10. The molecule has 4 heteroatoms. The summed E-state index contributed by atoms with van der Waals surface area (Å²) in [6, 6.07) is 6.09. The van der Waals surface area contributed by atoms with Gasteiger partial charge in [0.2, 0.25) is 0 Å². The van der Waals surface area contributed by atoms with E-state index in [1.807, 2.05) is 25.1 Å². The van der Waals surface area contributed by atoms with E-state index in [1.165, 1.54) is 19.3 Å². The lowest BCUT2D eigenvalue weighted by atomic mass is 9.86. The van der Waals surface area contributed by atoms with Crippen molar-refractivity contribution in [2.24, 2.45) is 5.92 Å². The molecule has 1 aliphatic carbocycles. The van der Waals surface area contributed by atoms with Gasteiger partial charge in [-0.2, -0.15) is 0 Å². The molecule has 0 saturated heterocycles. The first-order valence-electron chi connectivity index (χ1n) is 7.56. The molecule has 1 N–H and O–H groups in total. The van der Waals surface area contributed by atoms with E-state index in [0.29, 0.717) is 11.7 Å². The van der Waals surface area contributed by atoms with Gasteiger partial charge in [-0.05, 0) is 43.9 Å². The van der Waals surface area contributed by atoms with Crippen molar-refractivity contribution in [1.29, 1.82) is 0 Å². The van der Waals surface area contributed by atoms with Crippen LogP contribution in [0.25, 0.3) is 11.0 Å². The highest BCUT2D eigenvalue weighted by Gasteiger charge is 2.25. The number of hydrogen-bond donors (Lipinski definition) is 1. The van der Waals surface area contributed by atoms with E-state index in [2.05, 4.69) is 28.2 Å². The molecule has 0 aliphatic heterocycles. The maximum absolute atomic E-state index is 12.5. The zero-order valence-corrected chi connectivity index (χ0v) is 14.0. The van der Waals surface area contributed by atoms with Crippen molar-refractivity contribution < 1.29 is 9.21 Å². The lowest BCUT2D eigenvalue weighted by molar-refractivity contribution is 0.0883.